The maximum Gasteiger partial charge on any atom is 0.189 e. The van der Waals surface area contributed by atoms with Crippen molar-refractivity contribution in [1.82, 2.24) is 34.3 Å². The van der Waals surface area contributed by atoms with E-state index in [0.29, 0.717) is 34.2 Å². The third-order valence-corrected chi connectivity index (χ3v) is 5.31. The molecule has 0 radical (unpaired) electrons. The van der Waals surface area contributed by atoms with Crippen LogP contribution >= 0.6 is 0 Å². The first-order chi connectivity index (χ1) is 15.8. The van der Waals surface area contributed by atoms with Crippen LogP contribution in [0.4, 0.5) is 0 Å². The molecule has 0 saturated carbocycles. The Morgan fingerprint density at radius 2 is 1.62 bits per heavy atom. The van der Waals surface area contributed by atoms with Crippen molar-refractivity contribution in [3.63, 3.8) is 0 Å². The molecular weight excluding hydrogens is 402 g/mol. The van der Waals surface area contributed by atoms with E-state index >= 15 is 0 Å². The van der Waals surface area contributed by atoms with Crippen molar-refractivity contribution in [2.24, 2.45) is 0 Å². The fourth-order valence-corrected chi connectivity index (χ4v) is 3.86. The Balaban J connectivity index is 1.64. The van der Waals surface area contributed by atoms with Crippen LogP contribution < -0.4 is 0 Å². The minimum absolute atomic E-state index is 0.155. The van der Waals surface area contributed by atoms with Gasteiger partial charge in [-0.3, -0.25) is 9.38 Å². The molecule has 1 N–H and O–H groups in total. The number of nitrogens with zero attached hydrogens (tertiary/aromatic N) is 7. The van der Waals surface area contributed by atoms with Gasteiger partial charge in [-0.25, -0.2) is 9.67 Å². The topological polar surface area (TPSA) is 94.0 Å². The van der Waals surface area contributed by atoms with Gasteiger partial charge in [0.1, 0.15) is 17.1 Å². The minimum atomic E-state index is -0.155. The zero-order valence-electron chi connectivity index (χ0n) is 16.9. The maximum atomic E-state index is 9.96. The van der Waals surface area contributed by atoms with E-state index in [1.54, 1.807) is 10.9 Å². The van der Waals surface area contributed by atoms with E-state index in [4.69, 9.17) is 10.1 Å². The van der Waals surface area contributed by atoms with Crippen LogP contribution in [-0.2, 0) is 6.61 Å². The van der Waals surface area contributed by atoms with Gasteiger partial charge in [0.05, 0.1) is 29.0 Å². The monoisotopic (exact) mass is 419 g/mol. The summed E-state index contributed by atoms with van der Waals surface area (Å²) >= 11 is 0. The van der Waals surface area contributed by atoms with Crippen molar-refractivity contribution < 1.29 is 5.11 Å². The number of fused-ring (bicyclic) bond motifs is 3. The van der Waals surface area contributed by atoms with Crippen molar-refractivity contribution in [3.05, 3.63) is 90.8 Å². The average molecular weight is 419 g/mol. The van der Waals surface area contributed by atoms with Gasteiger partial charge in [-0.15, -0.1) is 10.2 Å². The second-order valence-corrected chi connectivity index (χ2v) is 7.27. The normalized spacial score (nSPS) is 11.4. The zero-order valence-corrected chi connectivity index (χ0v) is 16.9. The number of pyridine rings is 1. The Bertz CT molecular complexity index is 1560. The highest BCUT2D eigenvalue weighted by molar-refractivity contribution is 5.86. The number of rotatable bonds is 4. The van der Waals surface area contributed by atoms with Gasteiger partial charge in [0.25, 0.3) is 0 Å². The van der Waals surface area contributed by atoms with Crippen molar-refractivity contribution >= 4 is 16.7 Å². The van der Waals surface area contributed by atoms with Crippen LogP contribution in [0.3, 0.4) is 0 Å². The number of para-hydroxylation sites is 3. The SMILES string of the molecule is OCc1cc(-c2nc3ccccc3n3c(-c4ccccn4)nnc23)nn1-c1ccccc1. The predicted molar refractivity (Wildman–Crippen MR) is 120 cm³/mol. The van der Waals surface area contributed by atoms with Crippen LogP contribution in [0.1, 0.15) is 5.69 Å². The molecule has 0 spiro atoms. The third kappa shape index (κ3) is 2.85. The summed E-state index contributed by atoms with van der Waals surface area (Å²) in [4.78, 5) is 9.32. The summed E-state index contributed by atoms with van der Waals surface area (Å²) in [7, 11) is 0. The molecule has 0 bridgehead atoms. The lowest BCUT2D eigenvalue weighted by atomic mass is 10.2. The van der Waals surface area contributed by atoms with Crippen molar-refractivity contribution in [2.45, 2.75) is 6.61 Å². The van der Waals surface area contributed by atoms with E-state index in [9.17, 15) is 5.11 Å². The smallest absolute Gasteiger partial charge is 0.189 e. The van der Waals surface area contributed by atoms with Crippen molar-refractivity contribution in [2.75, 3.05) is 0 Å². The van der Waals surface area contributed by atoms with Crippen LogP contribution in [0.5, 0.6) is 0 Å². The Labute approximate surface area is 182 Å². The molecule has 2 aromatic carbocycles. The first kappa shape index (κ1) is 18.3. The number of aliphatic hydroxyl groups is 1. The molecule has 6 rings (SSSR count). The van der Waals surface area contributed by atoms with Gasteiger partial charge in [0.2, 0.25) is 0 Å². The van der Waals surface area contributed by atoms with Crippen LogP contribution in [0.15, 0.2) is 85.1 Å². The predicted octanol–water partition coefficient (Wildman–Crippen LogP) is 3.68. The summed E-state index contributed by atoms with van der Waals surface area (Å²) in [5.74, 6) is 0.630. The fraction of sp³-hybridized carbons (Fsp3) is 0.0417. The number of aliphatic hydroxyl groups excluding tert-OH is 1. The summed E-state index contributed by atoms with van der Waals surface area (Å²) in [6.07, 6.45) is 1.73. The number of hydrogen-bond acceptors (Lipinski definition) is 6. The molecule has 0 unspecified atom stereocenters. The van der Waals surface area contributed by atoms with Gasteiger partial charge in [0, 0.05) is 6.20 Å². The second-order valence-electron chi connectivity index (χ2n) is 7.27. The highest BCUT2D eigenvalue weighted by Gasteiger charge is 2.21. The summed E-state index contributed by atoms with van der Waals surface area (Å²) in [5.41, 5.74) is 5.66. The van der Waals surface area contributed by atoms with Gasteiger partial charge in [-0.05, 0) is 42.5 Å². The lowest BCUT2D eigenvalue weighted by Crippen LogP contribution is -2.02. The van der Waals surface area contributed by atoms with Gasteiger partial charge in [-0.1, -0.05) is 36.4 Å². The fourth-order valence-electron chi connectivity index (χ4n) is 3.86. The number of benzene rings is 2. The molecule has 6 aromatic rings. The summed E-state index contributed by atoms with van der Waals surface area (Å²) < 4.78 is 3.68. The van der Waals surface area contributed by atoms with Crippen molar-refractivity contribution in [1.29, 1.82) is 0 Å². The Morgan fingerprint density at radius 3 is 2.44 bits per heavy atom. The molecule has 0 amide bonds. The molecule has 0 aliphatic carbocycles. The van der Waals surface area contributed by atoms with Gasteiger partial charge in [-0.2, -0.15) is 5.10 Å². The number of hydrogen-bond donors (Lipinski definition) is 1. The highest BCUT2D eigenvalue weighted by atomic mass is 16.3. The standard InChI is InChI=1S/C24H17N7O/c32-15-17-14-20(29-31(17)16-8-2-1-3-9-16)22-24-28-27-23(19-11-6-7-13-25-19)30(24)21-12-5-4-10-18(21)26-22/h1-14,32H,15H2. The lowest BCUT2D eigenvalue weighted by molar-refractivity contribution is 0.273. The first-order valence-electron chi connectivity index (χ1n) is 10.1. The molecule has 4 heterocycles. The molecule has 0 aliphatic heterocycles. The van der Waals surface area contributed by atoms with Gasteiger partial charge < -0.3 is 5.11 Å². The Morgan fingerprint density at radius 1 is 0.812 bits per heavy atom. The highest BCUT2D eigenvalue weighted by Crippen LogP contribution is 2.29. The zero-order chi connectivity index (χ0) is 21.5. The molecule has 8 heteroatoms. The summed E-state index contributed by atoms with van der Waals surface area (Å²) in [6, 6.07) is 25.0. The third-order valence-electron chi connectivity index (χ3n) is 5.31. The van der Waals surface area contributed by atoms with E-state index in [1.807, 2.05) is 83.3 Å². The lowest BCUT2D eigenvalue weighted by Gasteiger charge is -2.07. The van der Waals surface area contributed by atoms with Gasteiger partial charge in [0.15, 0.2) is 11.5 Å². The Kier molecular flexibility index (Phi) is 4.22. The van der Waals surface area contributed by atoms with E-state index < -0.39 is 0 Å². The molecule has 4 aromatic heterocycles. The summed E-state index contributed by atoms with van der Waals surface area (Å²) in [6.45, 7) is -0.155. The second kappa shape index (κ2) is 7.36. The molecule has 0 saturated heterocycles. The van der Waals surface area contributed by atoms with Gasteiger partial charge >= 0.3 is 0 Å². The Hall–Kier alpha value is -4.43. The first-order valence-corrected chi connectivity index (χ1v) is 10.1. The number of aromatic nitrogens is 7. The molecule has 0 aliphatic rings. The largest absolute Gasteiger partial charge is 0.390 e. The molecule has 0 fully saturated rings. The average Bonchev–Trinajstić information content (AvgIpc) is 3.50. The van der Waals surface area contributed by atoms with Crippen LogP contribution in [-0.4, -0.2) is 39.5 Å². The van der Waals surface area contributed by atoms with E-state index in [0.717, 1.165) is 16.7 Å². The molecule has 32 heavy (non-hydrogen) atoms. The molecule has 0 atom stereocenters. The maximum absolute atomic E-state index is 9.96. The van der Waals surface area contributed by atoms with Crippen molar-refractivity contribution in [3.8, 4) is 28.6 Å². The minimum Gasteiger partial charge on any atom is -0.390 e. The molecule has 8 nitrogen and oxygen atoms in total. The van der Waals surface area contributed by atoms with Crippen LogP contribution in [0.2, 0.25) is 0 Å². The van der Waals surface area contributed by atoms with Crippen LogP contribution in [0, 0.1) is 0 Å². The van der Waals surface area contributed by atoms with Crippen LogP contribution in [0.25, 0.3) is 45.3 Å². The summed E-state index contributed by atoms with van der Waals surface area (Å²) in [5, 5.41) is 23.6. The van der Waals surface area contributed by atoms with E-state index in [1.165, 1.54) is 0 Å². The molecule has 154 valence electrons. The van der Waals surface area contributed by atoms with E-state index in [-0.39, 0.29) is 6.61 Å². The molecular formula is C24H17N7O. The van der Waals surface area contributed by atoms with E-state index in [2.05, 4.69) is 15.2 Å². The quantitative estimate of drug-likeness (QED) is 0.468.